The standard InChI is InChI=1S/C15H21BrN2O3/c1-3-6-13(15(20)21)17-9-14(19)18(2)10-11-7-4-5-8-12(11)16/h4-5,7-8,13,17H,3,6,9-10H2,1-2H3,(H,20,21). The van der Waals surface area contributed by atoms with E-state index in [1.165, 1.54) is 0 Å². The molecule has 1 aromatic carbocycles. The van der Waals surface area contributed by atoms with Gasteiger partial charge in [-0.3, -0.25) is 14.9 Å². The average Bonchev–Trinajstić information content (AvgIpc) is 2.45. The topological polar surface area (TPSA) is 69.6 Å². The summed E-state index contributed by atoms with van der Waals surface area (Å²) in [5.41, 5.74) is 1.01. The van der Waals surface area contributed by atoms with Gasteiger partial charge in [0.05, 0.1) is 6.54 Å². The van der Waals surface area contributed by atoms with Crippen molar-refractivity contribution in [3.8, 4) is 0 Å². The SMILES string of the molecule is CCCC(NCC(=O)N(C)Cc1ccccc1Br)C(=O)O. The van der Waals surface area contributed by atoms with Crippen LogP contribution in [0.2, 0.25) is 0 Å². The molecule has 0 saturated carbocycles. The Kier molecular flexibility index (Phi) is 7.39. The minimum absolute atomic E-state index is 0.0257. The smallest absolute Gasteiger partial charge is 0.320 e. The molecule has 2 N–H and O–H groups in total. The normalized spacial score (nSPS) is 12.0. The predicted octanol–water partition coefficient (Wildman–Crippen LogP) is 2.25. The van der Waals surface area contributed by atoms with E-state index in [9.17, 15) is 9.59 Å². The van der Waals surface area contributed by atoms with Gasteiger partial charge in [0, 0.05) is 18.1 Å². The summed E-state index contributed by atoms with van der Waals surface area (Å²) in [6.07, 6.45) is 1.27. The molecule has 0 aromatic heterocycles. The van der Waals surface area contributed by atoms with E-state index in [1.807, 2.05) is 31.2 Å². The highest BCUT2D eigenvalue weighted by Gasteiger charge is 2.18. The molecular weight excluding hydrogens is 336 g/mol. The van der Waals surface area contributed by atoms with Gasteiger partial charge in [0.25, 0.3) is 0 Å². The van der Waals surface area contributed by atoms with Gasteiger partial charge in [0.1, 0.15) is 6.04 Å². The fourth-order valence-electron chi connectivity index (χ4n) is 1.92. The van der Waals surface area contributed by atoms with Crippen molar-refractivity contribution >= 4 is 27.8 Å². The Balaban J connectivity index is 2.51. The van der Waals surface area contributed by atoms with Crippen molar-refractivity contribution in [2.24, 2.45) is 0 Å². The van der Waals surface area contributed by atoms with Gasteiger partial charge in [0.15, 0.2) is 0 Å². The van der Waals surface area contributed by atoms with Crippen LogP contribution in [0.25, 0.3) is 0 Å². The molecule has 1 aromatic rings. The van der Waals surface area contributed by atoms with Crippen molar-refractivity contribution in [2.45, 2.75) is 32.4 Å². The first-order chi connectivity index (χ1) is 9.95. The van der Waals surface area contributed by atoms with Gasteiger partial charge in [0.2, 0.25) is 5.91 Å². The number of halogens is 1. The van der Waals surface area contributed by atoms with E-state index in [1.54, 1.807) is 11.9 Å². The van der Waals surface area contributed by atoms with Gasteiger partial charge < -0.3 is 10.0 Å². The van der Waals surface area contributed by atoms with E-state index in [0.29, 0.717) is 13.0 Å². The molecule has 0 aliphatic heterocycles. The minimum atomic E-state index is -0.918. The van der Waals surface area contributed by atoms with Crippen LogP contribution >= 0.6 is 15.9 Å². The van der Waals surface area contributed by atoms with Gasteiger partial charge in [-0.05, 0) is 18.1 Å². The Morgan fingerprint density at radius 3 is 2.62 bits per heavy atom. The van der Waals surface area contributed by atoms with Crippen LogP contribution in [0.15, 0.2) is 28.7 Å². The number of carboxylic acid groups (broad SMARTS) is 1. The monoisotopic (exact) mass is 356 g/mol. The van der Waals surface area contributed by atoms with Crippen molar-refractivity contribution in [3.63, 3.8) is 0 Å². The molecule has 1 rings (SSSR count). The molecule has 0 aliphatic rings. The Morgan fingerprint density at radius 2 is 2.05 bits per heavy atom. The minimum Gasteiger partial charge on any atom is -0.480 e. The lowest BCUT2D eigenvalue weighted by Crippen LogP contribution is -2.43. The molecule has 21 heavy (non-hydrogen) atoms. The summed E-state index contributed by atoms with van der Waals surface area (Å²) < 4.78 is 0.951. The number of likely N-dealkylation sites (N-methyl/N-ethyl adjacent to an activating group) is 1. The van der Waals surface area contributed by atoms with Crippen LogP contribution in [-0.4, -0.2) is 41.5 Å². The van der Waals surface area contributed by atoms with Crippen molar-refractivity contribution in [1.82, 2.24) is 10.2 Å². The maximum absolute atomic E-state index is 12.0. The van der Waals surface area contributed by atoms with E-state index in [-0.39, 0.29) is 12.5 Å². The molecule has 5 nitrogen and oxygen atoms in total. The molecular formula is C15H21BrN2O3. The molecule has 0 spiro atoms. The number of rotatable bonds is 8. The van der Waals surface area contributed by atoms with E-state index in [0.717, 1.165) is 16.5 Å². The lowest BCUT2D eigenvalue weighted by Gasteiger charge is -2.20. The number of nitrogens with zero attached hydrogens (tertiary/aromatic N) is 1. The fourth-order valence-corrected chi connectivity index (χ4v) is 2.33. The zero-order chi connectivity index (χ0) is 15.8. The third kappa shape index (κ3) is 5.85. The third-order valence-electron chi connectivity index (χ3n) is 3.17. The number of amides is 1. The van der Waals surface area contributed by atoms with E-state index >= 15 is 0 Å². The number of carbonyl (C=O) groups excluding carboxylic acids is 1. The maximum atomic E-state index is 12.0. The molecule has 0 fully saturated rings. The van der Waals surface area contributed by atoms with Gasteiger partial charge in [-0.2, -0.15) is 0 Å². The first-order valence-corrected chi connectivity index (χ1v) is 7.68. The van der Waals surface area contributed by atoms with Crippen LogP contribution in [0.3, 0.4) is 0 Å². The van der Waals surface area contributed by atoms with E-state index in [2.05, 4.69) is 21.2 Å². The number of benzene rings is 1. The van der Waals surface area contributed by atoms with Crippen LogP contribution in [0.5, 0.6) is 0 Å². The van der Waals surface area contributed by atoms with Crippen LogP contribution in [0.4, 0.5) is 0 Å². The lowest BCUT2D eigenvalue weighted by molar-refractivity contribution is -0.140. The summed E-state index contributed by atoms with van der Waals surface area (Å²) in [5.74, 6) is -1.05. The second kappa shape index (κ2) is 8.79. The first kappa shape index (κ1) is 17.7. The molecule has 0 bridgehead atoms. The maximum Gasteiger partial charge on any atom is 0.320 e. The summed E-state index contributed by atoms with van der Waals surface area (Å²) in [6, 6.07) is 7.03. The first-order valence-electron chi connectivity index (χ1n) is 6.89. The summed E-state index contributed by atoms with van der Waals surface area (Å²) in [5, 5.41) is 11.8. The van der Waals surface area contributed by atoms with E-state index < -0.39 is 12.0 Å². The van der Waals surface area contributed by atoms with Gasteiger partial charge in [-0.25, -0.2) is 0 Å². The molecule has 0 radical (unpaired) electrons. The fraction of sp³-hybridized carbons (Fsp3) is 0.467. The summed E-state index contributed by atoms with van der Waals surface area (Å²) in [4.78, 5) is 24.6. The van der Waals surface area contributed by atoms with Crippen LogP contribution in [-0.2, 0) is 16.1 Å². The lowest BCUT2D eigenvalue weighted by atomic mass is 10.1. The average molecular weight is 357 g/mol. The van der Waals surface area contributed by atoms with Gasteiger partial charge in [-0.1, -0.05) is 47.5 Å². The largest absolute Gasteiger partial charge is 0.480 e. The van der Waals surface area contributed by atoms with Gasteiger partial charge >= 0.3 is 5.97 Å². The molecule has 116 valence electrons. The molecule has 1 amide bonds. The summed E-state index contributed by atoms with van der Waals surface area (Å²) in [6.45, 7) is 2.42. The molecule has 0 heterocycles. The third-order valence-corrected chi connectivity index (χ3v) is 3.94. The van der Waals surface area contributed by atoms with Crippen molar-refractivity contribution in [1.29, 1.82) is 0 Å². The summed E-state index contributed by atoms with van der Waals surface area (Å²) in [7, 11) is 1.71. The predicted molar refractivity (Wildman–Crippen MR) is 85.0 cm³/mol. The van der Waals surface area contributed by atoms with Crippen LogP contribution in [0.1, 0.15) is 25.3 Å². The second-order valence-corrected chi connectivity index (χ2v) is 5.76. The van der Waals surface area contributed by atoms with Crippen molar-refractivity contribution in [2.75, 3.05) is 13.6 Å². The Hall–Kier alpha value is -1.40. The number of nitrogens with one attached hydrogen (secondary N) is 1. The van der Waals surface area contributed by atoms with Crippen LogP contribution < -0.4 is 5.32 Å². The highest BCUT2D eigenvalue weighted by atomic mass is 79.9. The number of carboxylic acids is 1. The van der Waals surface area contributed by atoms with Gasteiger partial charge in [-0.15, -0.1) is 0 Å². The molecule has 0 aliphatic carbocycles. The van der Waals surface area contributed by atoms with Crippen molar-refractivity contribution < 1.29 is 14.7 Å². The second-order valence-electron chi connectivity index (χ2n) is 4.90. The summed E-state index contributed by atoms with van der Waals surface area (Å²) >= 11 is 3.44. The zero-order valence-corrected chi connectivity index (χ0v) is 13.9. The molecule has 0 saturated heterocycles. The quantitative estimate of drug-likeness (QED) is 0.749. The number of hydrogen-bond acceptors (Lipinski definition) is 3. The highest BCUT2D eigenvalue weighted by Crippen LogP contribution is 2.17. The highest BCUT2D eigenvalue weighted by molar-refractivity contribution is 9.10. The molecule has 1 unspecified atom stereocenters. The molecule has 6 heteroatoms. The van der Waals surface area contributed by atoms with Crippen molar-refractivity contribution in [3.05, 3.63) is 34.3 Å². The number of carbonyl (C=O) groups is 2. The Bertz CT molecular complexity index is 494. The zero-order valence-electron chi connectivity index (χ0n) is 12.3. The molecule has 1 atom stereocenters. The van der Waals surface area contributed by atoms with Crippen LogP contribution in [0, 0.1) is 0 Å². The Morgan fingerprint density at radius 1 is 1.38 bits per heavy atom. The van der Waals surface area contributed by atoms with E-state index in [4.69, 9.17) is 5.11 Å². The number of hydrogen-bond donors (Lipinski definition) is 2. The Labute approximate surface area is 133 Å². The number of aliphatic carboxylic acids is 1.